The van der Waals surface area contributed by atoms with Crippen LogP contribution in [0.3, 0.4) is 0 Å². The highest BCUT2D eigenvalue weighted by Crippen LogP contribution is 2.57. The number of esters is 2. The molecule has 3 fully saturated rings. The molecule has 180 valence electrons. The lowest BCUT2D eigenvalue weighted by Crippen LogP contribution is -2.61. The van der Waals surface area contributed by atoms with Gasteiger partial charge in [-0.15, -0.1) is 12.3 Å². The van der Waals surface area contributed by atoms with Crippen molar-refractivity contribution in [2.24, 2.45) is 23.7 Å². The maximum absolute atomic E-state index is 12.0. The van der Waals surface area contributed by atoms with Crippen molar-refractivity contribution in [2.45, 2.75) is 89.5 Å². The Hall–Kier alpha value is -1.66. The Kier molecular flexibility index (Phi) is 7.26. The lowest BCUT2D eigenvalue weighted by molar-refractivity contribution is -0.205. The third-order valence-electron chi connectivity index (χ3n) is 7.73. The quantitative estimate of drug-likeness (QED) is 0.460. The van der Waals surface area contributed by atoms with E-state index < -0.39 is 53.5 Å². The van der Waals surface area contributed by atoms with E-state index >= 15 is 0 Å². The van der Waals surface area contributed by atoms with Crippen LogP contribution in [0.5, 0.6) is 0 Å². The second-order valence-corrected chi connectivity index (χ2v) is 9.95. The second-order valence-electron chi connectivity index (χ2n) is 9.95. The van der Waals surface area contributed by atoms with Crippen LogP contribution in [0.4, 0.5) is 0 Å². The van der Waals surface area contributed by atoms with Gasteiger partial charge in [-0.05, 0) is 38.0 Å². The van der Waals surface area contributed by atoms with Crippen LogP contribution in [0.1, 0.15) is 53.9 Å². The molecule has 1 aliphatic carbocycles. The maximum Gasteiger partial charge on any atom is 0.303 e. The van der Waals surface area contributed by atoms with E-state index in [4.69, 9.17) is 25.4 Å². The van der Waals surface area contributed by atoms with Gasteiger partial charge in [-0.2, -0.15) is 0 Å². The van der Waals surface area contributed by atoms with Gasteiger partial charge in [-0.3, -0.25) is 9.59 Å². The summed E-state index contributed by atoms with van der Waals surface area (Å²) in [6.45, 7) is 8.65. The van der Waals surface area contributed by atoms with E-state index in [0.717, 1.165) is 0 Å². The molecule has 2 saturated heterocycles. The van der Waals surface area contributed by atoms with Crippen LogP contribution in [0.2, 0.25) is 0 Å². The summed E-state index contributed by atoms with van der Waals surface area (Å²) >= 11 is 0. The standard InChI is InChI=1S/C24H36O8/c1-7-8-17-21-20-16(11-18(27)23(21,5)28)13(2)12-30-24(6,22(20)32-17)19(31-15(4)26)9-10-29-14(3)25/h1,13,16-22,27-28H,8-12H2,2-6H3/t13-,16-,17-,18+,19+,20-,21-,22-,23-,24-/m1/s1. The van der Waals surface area contributed by atoms with E-state index in [2.05, 4.69) is 12.8 Å². The Bertz CT molecular complexity index is 758. The van der Waals surface area contributed by atoms with Crippen molar-refractivity contribution in [2.75, 3.05) is 13.2 Å². The normalized spacial score (nSPS) is 44.0. The van der Waals surface area contributed by atoms with E-state index in [9.17, 15) is 19.8 Å². The minimum Gasteiger partial charge on any atom is -0.466 e. The Labute approximate surface area is 189 Å². The summed E-state index contributed by atoms with van der Waals surface area (Å²) in [4.78, 5) is 23.2. The van der Waals surface area contributed by atoms with Crippen LogP contribution in [-0.4, -0.2) is 71.0 Å². The average Bonchev–Trinajstić information content (AvgIpc) is 3.04. The first kappa shape index (κ1) is 25.0. The number of ether oxygens (including phenoxy) is 4. The van der Waals surface area contributed by atoms with Gasteiger partial charge in [0.05, 0.1) is 37.1 Å². The van der Waals surface area contributed by atoms with Crippen molar-refractivity contribution in [3.63, 3.8) is 0 Å². The maximum atomic E-state index is 12.0. The fourth-order valence-electron chi connectivity index (χ4n) is 6.12. The van der Waals surface area contributed by atoms with E-state index in [1.807, 2.05) is 6.92 Å². The molecule has 0 spiro atoms. The molecule has 8 heteroatoms. The first-order valence-electron chi connectivity index (χ1n) is 11.4. The molecule has 0 aromatic carbocycles. The fraction of sp³-hybridized carbons (Fsp3) is 0.833. The molecule has 3 rings (SSSR count). The monoisotopic (exact) mass is 452 g/mol. The summed E-state index contributed by atoms with van der Waals surface area (Å²) in [5.41, 5.74) is -2.43. The van der Waals surface area contributed by atoms with Gasteiger partial charge in [-0.1, -0.05) is 6.92 Å². The molecule has 8 nitrogen and oxygen atoms in total. The van der Waals surface area contributed by atoms with Crippen molar-refractivity contribution in [3.8, 4) is 12.3 Å². The molecule has 3 aliphatic rings. The summed E-state index contributed by atoms with van der Waals surface area (Å²) in [6.07, 6.45) is 3.91. The van der Waals surface area contributed by atoms with E-state index in [-0.39, 0.29) is 37.2 Å². The number of carbonyl (C=O) groups is 2. The molecule has 0 bridgehead atoms. The molecule has 0 aromatic rings. The van der Waals surface area contributed by atoms with Crippen LogP contribution in [0.15, 0.2) is 0 Å². The molecule has 32 heavy (non-hydrogen) atoms. The number of rotatable bonds is 6. The first-order chi connectivity index (χ1) is 14.9. The van der Waals surface area contributed by atoms with Crippen LogP contribution < -0.4 is 0 Å². The van der Waals surface area contributed by atoms with Gasteiger partial charge in [0, 0.05) is 32.6 Å². The van der Waals surface area contributed by atoms with Gasteiger partial charge >= 0.3 is 11.9 Å². The highest BCUT2D eigenvalue weighted by molar-refractivity contribution is 5.66. The lowest BCUT2D eigenvalue weighted by atomic mass is 9.57. The zero-order chi connectivity index (χ0) is 23.8. The van der Waals surface area contributed by atoms with Gasteiger partial charge in [0.25, 0.3) is 0 Å². The summed E-state index contributed by atoms with van der Waals surface area (Å²) in [7, 11) is 0. The molecule has 0 unspecified atom stereocenters. The Morgan fingerprint density at radius 2 is 1.97 bits per heavy atom. The zero-order valence-electron chi connectivity index (χ0n) is 19.6. The van der Waals surface area contributed by atoms with Gasteiger partial charge in [0.1, 0.15) is 11.7 Å². The zero-order valence-corrected chi connectivity index (χ0v) is 19.6. The molecule has 2 heterocycles. The molecular weight excluding hydrogens is 416 g/mol. The van der Waals surface area contributed by atoms with Crippen LogP contribution in [0, 0.1) is 36.0 Å². The van der Waals surface area contributed by atoms with Crippen molar-refractivity contribution in [1.82, 2.24) is 0 Å². The fourth-order valence-corrected chi connectivity index (χ4v) is 6.12. The highest BCUT2D eigenvalue weighted by Gasteiger charge is 2.67. The van der Waals surface area contributed by atoms with E-state index in [1.54, 1.807) is 6.92 Å². The predicted octanol–water partition coefficient (Wildman–Crippen LogP) is 1.45. The summed E-state index contributed by atoms with van der Waals surface area (Å²) < 4.78 is 23.7. The minimum absolute atomic E-state index is 0.0382. The predicted molar refractivity (Wildman–Crippen MR) is 114 cm³/mol. The Morgan fingerprint density at radius 1 is 1.28 bits per heavy atom. The average molecular weight is 453 g/mol. The van der Waals surface area contributed by atoms with Crippen LogP contribution in [-0.2, 0) is 28.5 Å². The number of carbonyl (C=O) groups excluding carboxylic acids is 2. The van der Waals surface area contributed by atoms with Crippen LogP contribution >= 0.6 is 0 Å². The second kappa shape index (κ2) is 9.30. The number of hydrogen-bond donors (Lipinski definition) is 2. The molecule has 0 radical (unpaired) electrons. The van der Waals surface area contributed by atoms with Crippen molar-refractivity contribution in [1.29, 1.82) is 0 Å². The van der Waals surface area contributed by atoms with E-state index in [0.29, 0.717) is 13.0 Å². The molecule has 0 amide bonds. The minimum atomic E-state index is -1.38. The summed E-state index contributed by atoms with van der Waals surface area (Å²) in [6, 6.07) is 0. The third kappa shape index (κ3) is 4.41. The lowest BCUT2D eigenvalue weighted by Gasteiger charge is -2.50. The molecule has 2 N–H and O–H groups in total. The Balaban J connectivity index is 2.03. The highest BCUT2D eigenvalue weighted by atomic mass is 16.6. The van der Waals surface area contributed by atoms with Crippen molar-refractivity contribution >= 4 is 11.9 Å². The SMILES string of the molecule is C#CC[C@H]1O[C@@H]2[C@@H]3[C@H](C[C@H](O)[C@@](C)(O)[C@@H]31)[C@H](C)CO[C@]2(C)[C@H](CCOC(C)=O)OC(C)=O. The van der Waals surface area contributed by atoms with Gasteiger partial charge in [0.15, 0.2) is 0 Å². The molecule has 2 aliphatic heterocycles. The van der Waals surface area contributed by atoms with Gasteiger partial charge in [-0.25, -0.2) is 0 Å². The van der Waals surface area contributed by atoms with Crippen LogP contribution in [0.25, 0.3) is 0 Å². The smallest absolute Gasteiger partial charge is 0.303 e. The molecule has 1 saturated carbocycles. The van der Waals surface area contributed by atoms with Gasteiger partial charge in [0.2, 0.25) is 0 Å². The molecular formula is C24H36O8. The van der Waals surface area contributed by atoms with E-state index in [1.165, 1.54) is 13.8 Å². The summed E-state index contributed by atoms with van der Waals surface area (Å²) in [5, 5.41) is 22.1. The number of terminal acetylenes is 1. The molecule has 0 aromatic heterocycles. The largest absolute Gasteiger partial charge is 0.466 e. The molecule has 10 atom stereocenters. The van der Waals surface area contributed by atoms with Gasteiger partial charge < -0.3 is 29.2 Å². The van der Waals surface area contributed by atoms with Crippen molar-refractivity contribution in [3.05, 3.63) is 0 Å². The third-order valence-corrected chi connectivity index (χ3v) is 7.73. The first-order valence-corrected chi connectivity index (χ1v) is 11.4. The number of aliphatic hydroxyl groups excluding tert-OH is 1. The topological polar surface area (TPSA) is 112 Å². The number of aliphatic hydroxyl groups is 2. The van der Waals surface area contributed by atoms with Crippen molar-refractivity contribution < 1.29 is 38.7 Å². The number of hydrogen-bond acceptors (Lipinski definition) is 8. The Morgan fingerprint density at radius 3 is 2.56 bits per heavy atom. The summed E-state index contributed by atoms with van der Waals surface area (Å²) in [5.74, 6) is 1.31.